The van der Waals surface area contributed by atoms with Crippen LogP contribution in [0.15, 0.2) is 30.5 Å². The molecule has 0 radical (unpaired) electrons. The number of fused-ring (bicyclic) bond motifs is 1. The van der Waals surface area contributed by atoms with Crippen LogP contribution in [0.1, 0.15) is 51.5 Å². The lowest BCUT2D eigenvalue weighted by atomic mass is 10.1. The highest BCUT2D eigenvalue weighted by molar-refractivity contribution is 5.84. The molecule has 3 heterocycles. The van der Waals surface area contributed by atoms with Crippen molar-refractivity contribution in [3.8, 4) is 0 Å². The Bertz CT molecular complexity index is 727. The quantitative estimate of drug-likeness (QED) is 0.808. The minimum Gasteiger partial charge on any atom is -0.313 e. The van der Waals surface area contributed by atoms with Crippen molar-refractivity contribution in [2.45, 2.75) is 58.5 Å². The van der Waals surface area contributed by atoms with Gasteiger partial charge in [0.25, 0.3) is 0 Å². The summed E-state index contributed by atoms with van der Waals surface area (Å²) in [6.07, 6.45) is 9.10. The van der Waals surface area contributed by atoms with E-state index in [0.717, 1.165) is 6.54 Å². The highest BCUT2D eigenvalue weighted by Crippen LogP contribution is 2.25. The summed E-state index contributed by atoms with van der Waals surface area (Å²) in [4.78, 5) is 5.29. The molecule has 1 aromatic heterocycles. The average Bonchev–Trinajstić information content (AvgIpc) is 2.89. The molecule has 0 N–H and O–H groups in total. The predicted octanol–water partition coefficient (Wildman–Crippen LogP) is 4.07. The second-order valence-electron chi connectivity index (χ2n) is 8.64. The second-order valence-corrected chi connectivity index (χ2v) is 8.64. The third-order valence-corrected chi connectivity index (χ3v) is 6.41. The summed E-state index contributed by atoms with van der Waals surface area (Å²) in [5, 5.41) is 4.01. The Labute approximate surface area is 164 Å². The first-order valence-electron chi connectivity index (χ1n) is 11.0. The van der Waals surface area contributed by atoms with Gasteiger partial charge in [-0.2, -0.15) is 0 Å². The molecule has 27 heavy (non-hydrogen) atoms. The lowest BCUT2D eigenvalue weighted by Crippen LogP contribution is -2.35. The van der Waals surface area contributed by atoms with Crippen molar-refractivity contribution in [3.63, 3.8) is 0 Å². The third-order valence-electron chi connectivity index (χ3n) is 6.41. The topological polar surface area (TPSA) is 14.7 Å². The Hall–Kier alpha value is -1.52. The van der Waals surface area contributed by atoms with Gasteiger partial charge in [0.05, 0.1) is 5.52 Å². The number of hydrogen-bond donors (Lipinski definition) is 0. The molecule has 148 valence electrons. The summed E-state index contributed by atoms with van der Waals surface area (Å²) >= 11 is 0. The van der Waals surface area contributed by atoms with E-state index in [9.17, 15) is 0 Å². The molecule has 2 aromatic rings. The van der Waals surface area contributed by atoms with E-state index < -0.39 is 0 Å². The van der Waals surface area contributed by atoms with Crippen molar-refractivity contribution in [1.82, 2.24) is 14.5 Å². The Balaban J connectivity index is 1.55. The van der Waals surface area contributed by atoms with Crippen molar-refractivity contribution in [3.05, 3.63) is 36.0 Å². The fraction of sp³-hybridized carbons (Fsp3) is 0.652. The molecule has 0 aliphatic carbocycles. The van der Waals surface area contributed by atoms with Crippen molar-refractivity contribution in [2.24, 2.45) is 0 Å². The van der Waals surface area contributed by atoms with Crippen molar-refractivity contribution >= 4 is 10.9 Å². The van der Waals surface area contributed by atoms with E-state index in [4.69, 9.17) is 0 Å². The molecule has 0 atom stereocenters. The molecule has 2 saturated heterocycles. The molecule has 1 aromatic carbocycles. The minimum atomic E-state index is 0.662. The van der Waals surface area contributed by atoms with Gasteiger partial charge < -0.3 is 5.01 Å². The molecular formula is C23H36N4. The largest absolute Gasteiger partial charge is 0.313 e. The van der Waals surface area contributed by atoms with Crippen molar-refractivity contribution in [2.75, 3.05) is 44.3 Å². The fourth-order valence-electron chi connectivity index (χ4n) is 4.77. The van der Waals surface area contributed by atoms with Gasteiger partial charge in [-0.3, -0.25) is 14.5 Å². The van der Waals surface area contributed by atoms with Crippen LogP contribution in [0.25, 0.3) is 10.9 Å². The van der Waals surface area contributed by atoms with E-state index in [-0.39, 0.29) is 0 Å². The summed E-state index contributed by atoms with van der Waals surface area (Å²) in [6, 6.07) is 9.66. The normalized spacial score (nSPS) is 20.9. The lowest BCUT2D eigenvalue weighted by Gasteiger charge is -2.25. The smallest absolute Gasteiger partial charge is 0.0698 e. The number of aromatic nitrogens is 1. The summed E-state index contributed by atoms with van der Waals surface area (Å²) in [6.45, 7) is 12.9. The van der Waals surface area contributed by atoms with Crippen LogP contribution in [0.3, 0.4) is 0 Å². The maximum Gasteiger partial charge on any atom is 0.0698 e. The average molecular weight is 369 g/mol. The summed E-state index contributed by atoms with van der Waals surface area (Å²) in [5.74, 6) is 0. The third kappa shape index (κ3) is 4.33. The summed E-state index contributed by atoms with van der Waals surface area (Å²) < 4.78 is 2.47. The van der Waals surface area contributed by atoms with Crippen LogP contribution < -0.4 is 5.01 Å². The number of rotatable bonds is 4. The van der Waals surface area contributed by atoms with Gasteiger partial charge in [-0.1, -0.05) is 31.0 Å². The Kier molecular flexibility index (Phi) is 6.04. The number of nitrogens with zero attached hydrogens (tertiary/aromatic N) is 4. The second kappa shape index (κ2) is 8.66. The molecular weight excluding hydrogens is 332 g/mol. The van der Waals surface area contributed by atoms with Gasteiger partial charge in [-0.05, 0) is 57.8 Å². The summed E-state index contributed by atoms with van der Waals surface area (Å²) in [5.41, 5.74) is 2.88. The first kappa shape index (κ1) is 18.8. The van der Waals surface area contributed by atoms with Crippen LogP contribution in [0.2, 0.25) is 0 Å². The lowest BCUT2D eigenvalue weighted by molar-refractivity contribution is 0.218. The molecule has 0 bridgehead atoms. The van der Waals surface area contributed by atoms with E-state index in [0.29, 0.717) is 6.04 Å². The van der Waals surface area contributed by atoms with Crippen LogP contribution >= 0.6 is 0 Å². The fourth-order valence-corrected chi connectivity index (χ4v) is 4.77. The predicted molar refractivity (Wildman–Crippen MR) is 115 cm³/mol. The first-order valence-corrected chi connectivity index (χ1v) is 11.0. The van der Waals surface area contributed by atoms with Gasteiger partial charge in [0.1, 0.15) is 0 Å². The van der Waals surface area contributed by atoms with Crippen LogP contribution in [0, 0.1) is 0 Å². The zero-order chi connectivity index (χ0) is 18.6. The zero-order valence-corrected chi connectivity index (χ0v) is 17.2. The van der Waals surface area contributed by atoms with E-state index in [2.05, 4.69) is 63.8 Å². The van der Waals surface area contributed by atoms with E-state index in [1.54, 1.807) is 0 Å². The molecule has 4 rings (SSSR count). The summed E-state index contributed by atoms with van der Waals surface area (Å²) in [7, 11) is 0. The molecule has 0 unspecified atom stereocenters. The highest BCUT2D eigenvalue weighted by Gasteiger charge is 2.20. The molecule has 0 amide bonds. The maximum absolute atomic E-state index is 2.66. The van der Waals surface area contributed by atoms with Gasteiger partial charge in [0.2, 0.25) is 0 Å². The maximum atomic E-state index is 2.66. The van der Waals surface area contributed by atoms with Gasteiger partial charge >= 0.3 is 0 Å². The number of hydrogen-bond acceptors (Lipinski definition) is 3. The molecule has 0 spiro atoms. The van der Waals surface area contributed by atoms with Crippen molar-refractivity contribution in [1.29, 1.82) is 0 Å². The van der Waals surface area contributed by atoms with Crippen LogP contribution in [0.5, 0.6) is 0 Å². The van der Waals surface area contributed by atoms with Gasteiger partial charge in [0.15, 0.2) is 0 Å². The standard InChI is InChI=1S/C23H36N4/c1-20(2)25-13-9-12-24(16-17-25)18-21-19-27(23-11-6-5-10-22(21)23)26-14-7-3-4-8-15-26/h5-6,10-11,19-20H,3-4,7-9,12-18H2,1-2H3. The first-order chi connectivity index (χ1) is 13.2. The van der Waals surface area contributed by atoms with Crippen molar-refractivity contribution < 1.29 is 0 Å². The molecule has 2 aliphatic heterocycles. The van der Waals surface area contributed by atoms with Crippen LogP contribution in [0.4, 0.5) is 0 Å². The Morgan fingerprint density at radius 1 is 0.815 bits per heavy atom. The zero-order valence-electron chi connectivity index (χ0n) is 17.2. The van der Waals surface area contributed by atoms with Crippen LogP contribution in [-0.2, 0) is 6.54 Å². The SMILES string of the molecule is CC(C)N1CCCN(Cc2cn(N3CCCCCC3)c3ccccc23)CC1. The monoisotopic (exact) mass is 368 g/mol. The number of para-hydroxylation sites is 1. The van der Waals surface area contributed by atoms with Crippen LogP contribution in [-0.4, -0.2) is 59.8 Å². The number of benzene rings is 1. The molecule has 0 saturated carbocycles. The van der Waals surface area contributed by atoms with Gasteiger partial charge in [-0.25, -0.2) is 0 Å². The van der Waals surface area contributed by atoms with E-state index in [1.807, 2.05) is 0 Å². The molecule has 4 nitrogen and oxygen atoms in total. The molecule has 2 fully saturated rings. The van der Waals surface area contributed by atoms with E-state index in [1.165, 1.54) is 87.8 Å². The molecule has 4 heteroatoms. The highest BCUT2D eigenvalue weighted by atomic mass is 15.5. The van der Waals surface area contributed by atoms with Gasteiger partial charge in [-0.15, -0.1) is 0 Å². The molecule has 2 aliphatic rings. The minimum absolute atomic E-state index is 0.662. The van der Waals surface area contributed by atoms with Gasteiger partial charge in [0, 0.05) is 50.3 Å². The Morgan fingerprint density at radius 3 is 2.37 bits per heavy atom. The van der Waals surface area contributed by atoms with E-state index >= 15 is 0 Å². The Morgan fingerprint density at radius 2 is 1.59 bits per heavy atom.